The van der Waals surface area contributed by atoms with Crippen LogP contribution in [0.3, 0.4) is 0 Å². The smallest absolute Gasteiger partial charge is 0.251 e. The molecule has 2 aromatic rings. The maximum Gasteiger partial charge on any atom is 0.251 e. The Bertz CT molecular complexity index is 1000. The normalized spacial score (nSPS) is 22.5. The van der Waals surface area contributed by atoms with E-state index < -0.39 is 0 Å². The van der Waals surface area contributed by atoms with Gasteiger partial charge in [-0.1, -0.05) is 13.8 Å². The molecule has 0 spiro atoms. The molecule has 2 aliphatic heterocycles. The fourth-order valence-electron chi connectivity index (χ4n) is 5.26. The highest BCUT2D eigenvalue weighted by atomic mass is 16.2. The van der Waals surface area contributed by atoms with Crippen LogP contribution >= 0.6 is 0 Å². The largest absolute Gasteiger partial charge is 0.378 e. The van der Waals surface area contributed by atoms with E-state index in [9.17, 15) is 9.59 Å². The zero-order valence-electron chi connectivity index (χ0n) is 20.0. The molecular formula is C26H35N5O2. The van der Waals surface area contributed by atoms with Crippen molar-refractivity contribution in [3.05, 3.63) is 53.6 Å². The van der Waals surface area contributed by atoms with Gasteiger partial charge < -0.3 is 25.8 Å². The molecule has 0 saturated carbocycles. The van der Waals surface area contributed by atoms with Crippen LogP contribution in [0.4, 0.5) is 17.1 Å². The predicted molar refractivity (Wildman–Crippen MR) is 134 cm³/mol. The topological polar surface area (TPSA) is 76.7 Å². The van der Waals surface area contributed by atoms with E-state index in [2.05, 4.69) is 52.9 Å². The highest BCUT2D eigenvalue weighted by Crippen LogP contribution is 2.45. The Morgan fingerprint density at radius 3 is 2.39 bits per heavy atom. The summed E-state index contributed by atoms with van der Waals surface area (Å²) in [5, 5.41) is 9.80. The summed E-state index contributed by atoms with van der Waals surface area (Å²) in [5.41, 5.74) is 4.93. The van der Waals surface area contributed by atoms with Gasteiger partial charge in [0.1, 0.15) is 0 Å². The maximum atomic E-state index is 12.7. The van der Waals surface area contributed by atoms with Gasteiger partial charge in [-0.25, -0.2) is 0 Å². The molecular weight excluding hydrogens is 414 g/mol. The van der Waals surface area contributed by atoms with Gasteiger partial charge in [-0.2, -0.15) is 0 Å². The molecule has 4 rings (SSSR count). The molecule has 176 valence electrons. The average molecular weight is 450 g/mol. The van der Waals surface area contributed by atoms with E-state index in [1.54, 1.807) is 14.0 Å². The standard InChI is InChI=1S/C26H35N5O2/c1-5-23-17(2)25(29-20-8-6-19(7-9-20)26(33)27-4)22-16-21(30-14-12-28-13-15-30)10-11-24(22)31(23)18(3)32/h6-11,16-17,23,25,28-29H,5,12-15H2,1-4H3,(H,27,33)/t17-,23?,25?/m0/s1. The van der Waals surface area contributed by atoms with E-state index in [0.29, 0.717) is 5.56 Å². The van der Waals surface area contributed by atoms with Crippen LogP contribution in [0.25, 0.3) is 0 Å². The second-order valence-electron chi connectivity index (χ2n) is 8.98. The van der Waals surface area contributed by atoms with Crippen molar-refractivity contribution in [3.63, 3.8) is 0 Å². The monoisotopic (exact) mass is 449 g/mol. The lowest BCUT2D eigenvalue weighted by Crippen LogP contribution is -2.50. The van der Waals surface area contributed by atoms with Gasteiger partial charge in [-0.3, -0.25) is 9.59 Å². The minimum Gasteiger partial charge on any atom is -0.378 e. The molecule has 1 saturated heterocycles. The van der Waals surface area contributed by atoms with Crippen LogP contribution in [0.2, 0.25) is 0 Å². The molecule has 2 heterocycles. The number of benzene rings is 2. The summed E-state index contributed by atoms with van der Waals surface area (Å²) in [6.07, 6.45) is 0.882. The lowest BCUT2D eigenvalue weighted by atomic mass is 9.80. The number of piperazine rings is 1. The van der Waals surface area contributed by atoms with E-state index in [-0.39, 0.29) is 29.8 Å². The first-order valence-electron chi connectivity index (χ1n) is 11.9. The number of hydrogen-bond donors (Lipinski definition) is 3. The molecule has 1 fully saturated rings. The number of anilines is 3. The molecule has 0 bridgehead atoms. The number of nitrogens with zero attached hydrogens (tertiary/aromatic N) is 2. The number of nitrogens with one attached hydrogen (secondary N) is 3. The zero-order chi connectivity index (χ0) is 23.5. The highest BCUT2D eigenvalue weighted by Gasteiger charge is 2.40. The second-order valence-corrected chi connectivity index (χ2v) is 8.98. The third-order valence-electron chi connectivity index (χ3n) is 7.01. The highest BCUT2D eigenvalue weighted by molar-refractivity contribution is 5.95. The van der Waals surface area contributed by atoms with Crippen LogP contribution in [0.1, 0.15) is 49.2 Å². The minimum atomic E-state index is -0.0956. The lowest BCUT2D eigenvalue weighted by molar-refractivity contribution is -0.117. The van der Waals surface area contributed by atoms with Crippen molar-refractivity contribution in [1.29, 1.82) is 0 Å². The van der Waals surface area contributed by atoms with Gasteiger partial charge in [0, 0.05) is 80.3 Å². The van der Waals surface area contributed by atoms with Crippen molar-refractivity contribution in [2.24, 2.45) is 5.92 Å². The molecule has 33 heavy (non-hydrogen) atoms. The summed E-state index contributed by atoms with van der Waals surface area (Å²) in [4.78, 5) is 29.0. The van der Waals surface area contributed by atoms with Crippen molar-refractivity contribution in [2.45, 2.75) is 39.3 Å². The van der Waals surface area contributed by atoms with Crippen LogP contribution in [0, 0.1) is 5.92 Å². The van der Waals surface area contributed by atoms with Gasteiger partial charge in [0.25, 0.3) is 5.91 Å². The molecule has 3 N–H and O–H groups in total. The average Bonchev–Trinajstić information content (AvgIpc) is 2.85. The number of carbonyl (C=O) groups excluding carboxylic acids is 2. The molecule has 2 unspecified atom stereocenters. The Balaban J connectivity index is 1.73. The minimum absolute atomic E-state index is 0.0502. The SMILES string of the molecule is CCC1[C@H](C)C(Nc2ccc(C(=O)NC)cc2)c2cc(N3CCNCC3)ccc2N1C(C)=O. The van der Waals surface area contributed by atoms with Gasteiger partial charge in [0.2, 0.25) is 5.91 Å². The molecule has 2 aromatic carbocycles. The van der Waals surface area contributed by atoms with E-state index in [0.717, 1.165) is 49.5 Å². The first-order valence-corrected chi connectivity index (χ1v) is 11.9. The Labute approximate surface area is 196 Å². The number of hydrogen-bond acceptors (Lipinski definition) is 5. The third kappa shape index (κ3) is 4.55. The first kappa shape index (κ1) is 23.1. The van der Waals surface area contributed by atoms with E-state index >= 15 is 0 Å². The van der Waals surface area contributed by atoms with E-state index in [4.69, 9.17) is 0 Å². The van der Waals surface area contributed by atoms with Gasteiger partial charge >= 0.3 is 0 Å². The van der Waals surface area contributed by atoms with E-state index in [1.165, 1.54) is 5.69 Å². The zero-order valence-corrected chi connectivity index (χ0v) is 20.0. The molecule has 0 aromatic heterocycles. The molecule has 0 aliphatic carbocycles. The van der Waals surface area contributed by atoms with Crippen molar-refractivity contribution in [2.75, 3.05) is 48.3 Å². The Morgan fingerprint density at radius 2 is 1.79 bits per heavy atom. The van der Waals surface area contributed by atoms with Crippen molar-refractivity contribution < 1.29 is 9.59 Å². The molecule has 0 radical (unpaired) electrons. The van der Waals surface area contributed by atoms with Crippen LogP contribution < -0.4 is 25.8 Å². The van der Waals surface area contributed by atoms with Crippen molar-refractivity contribution in [3.8, 4) is 0 Å². The van der Waals surface area contributed by atoms with Gasteiger partial charge in [0.15, 0.2) is 0 Å². The maximum absolute atomic E-state index is 12.7. The second kappa shape index (κ2) is 9.83. The number of amides is 2. The fraction of sp³-hybridized carbons (Fsp3) is 0.462. The van der Waals surface area contributed by atoms with Crippen LogP contribution in [-0.4, -0.2) is 51.1 Å². The van der Waals surface area contributed by atoms with Gasteiger partial charge in [-0.15, -0.1) is 0 Å². The molecule has 2 amide bonds. The lowest BCUT2D eigenvalue weighted by Gasteiger charge is -2.46. The van der Waals surface area contributed by atoms with Crippen molar-refractivity contribution >= 4 is 28.9 Å². The number of rotatable bonds is 5. The summed E-state index contributed by atoms with van der Waals surface area (Å²) in [5.74, 6) is 0.197. The Kier molecular flexibility index (Phi) is 6.88. The number of fused-ring (bicyclic) bond motifs is 1. The summed E-state index contributed by atoms with van der Waals surface area (Å²) in [7, 11) is 1.64. The molecule has 2 aliphatic rings. The molecule has 7 heteroatoms. The summed E-state index contributed by atoms with van der Waals surface area (Å²) >= 11 is 0. The number of carbonyl (C=O) groups is 2. The van der Waals surface area contributed by atoms with Crippen LogP contribution in [0.15, 0.2) is 42.5 Å². The van der Waals surface area contributed by atoms with Gasteiger partial charge in [0.05, 0.1) is 6.04 Å². The van der Waals surface area contributed by atoms with Crippen LogP contribution in [-0.2, 0) is 4.79 Å². The summed E-state index contributed by atoms with van der Waals surface area (Å²) in [6, 6.07) is 14.3. The first-order chi connectivity index (χ1) is 15.9. The Hall–Kier alpha value is -3.06. The molecule has 3 atom stereocenters. The quantitative estimate of drug-likeness (QED) is 0.652. The Morgan fingerprint density at radius 1 is 1.09 bits per heavy atom. The van der Waals surface area contributed by atoms with Crippen LogP contribution in [0.5, 0.6) is 0 Å². The predicted octanol–water partition coefficient (Wildman–Crippen LogP) is 3.39. The summed E-state index contributed by atoms with van der Waals surface area (Å²) in [6.45, 7) is 9.93. The summed E-state index contributed by atoms with van der Waals surface area (Å²) < 4.78 is 0. The van der Waals surface area contributed by atoms with Gasteiger partial charge in [-0.05, 0) is 48.9 Å². The third-order valence-corrected chi connectivity index (χ3v) is 7.01. The van der Waals surface area contributed by atoms with Crippen molar-refractivity contribution in [1.82, 2.24) is 10.6 Å². The van der Waals surface area contributed by atoms with E-state index in [1.807, 2.05) is 29.2 Å². The fourth-order valence-corrected chi connectivity index (χ4v) is 5.26. The molecule has 7 nitrogen and oxygen atoms in total.